The second-order valence-electron chi connectivity index (χ2n) is 2.96. The Bertz CT molecular complexity index is 177. The molecule has 0 spiro atoms. The lowest BCUT2D eigenvalue weighted by molar-refractivity contribution is -0.151. The van der Waals surface area contributed by atoms with Crippen LogP contribution in [-0.4, -0.2) is 41.3 Å². The van der Waals surface area contributed by atoms with Crippen LogP contribution < -0.4 is 0 Å². The molecule has 15 heavy (non-hydrogen) atoms. The minimum absolute atomic E-state index is 0.125. The van der Waals surface area contributed by atoms with Crippen LogP contribution in [0.4, 0.5) is 0 Å². The Hall–Kier alpha value is -0.940. The first-order chi connectivity index (χ1) is 6.95. The Morgan fingerprint density at radius 1 is 1.40 bits per heavy atom. The zero-order valence-electron chi connectivity index (χ0n) is 9.52. The summed E-state index contributed by atoms with van der Waals surface area (Å²) < 4.78 is 4.41. The largest absolute Gasteiger partial charge is 0.464 e. The summed E-state index contributed by atoms with van der Waals surface area (Å²) in [5.41, 5.74) is 0. The van der Waals surface area contributed by atoms with E-state index >= 15 is 0 Å². The van der Waals surface area contributed by atoms with Crippen LogP contribution in [0.2, 0.25) is 0 Å². The molecule has 0 bridgehead atoms. The van der Waals surface area contributed by atoms with E-state index in [4.69, 9.17) is 10.2 Å². The molecule has 0 radical (unpaired) electrons. The van der Waals surface area contributed by atoms with Crippen LogP contribution in [0, 0.1) is 0 Å². The average Bonchev–Trinajstić information content (AvgIpc) is 2.16. The summed E-state index contributed by atoms with van der Waals surface area (Å²) in [7, 11) is 0. The van der Waals surface area contributed by atoms with Crippen molar-refractivity contribution in [1.29, 1.82) is 0 Å². The van der Waals surface area contributed by atoms with Crippen molar-refractivity contribution >= 4 is 11.8 Å². The number of carbonyl (C=O) groups is 2. The highest BCUT2D eigenvalue weighted by Crippen LogP contribution is 1.85. The zero-order valence-corrected chi connectivity index (χ0v) is 9.52. The maximum absolute atomic E-state index is 10.3. The van der Waals surface area contributed by atoms with E-state index in [9.17, 15) is 9.59 Å². The maximum atomic E-state index is 10.3. The first-order valence-corrected chi connectivity index (χ1v) is 4.90. The predicted octanol–water partition coefficient (Wildman–Crippen LogP) is 0.278. The number of carbonyl (C=O) groups excluding carboxylic acids is 2. The summed E-state index contributed by atoms with van der Waals surface area (Å²) in [6.45, 7) is 5.04. The third-order valence-electron chi connectivity index (χ3n) is 1.31. The number of Topliss-reactive ketones (excluding diaryl/α,β-unsaturated/α-hetero) is 1. The second kappa shape index (κ2) is 11.1. The van der Waals surface area contributed by atoms with Gasteiger partial charge in [0.2, 0.25) is 0 Å². The molecule has 0 aromatic heterocycles. The van der Waals surface area contributed by atoms with Gasteiger partial charge in [0, 0.05) is 13.0 Å². The van der Waals surface area contributed by atoms with E-state index in [2.05, 4.69) is 4.74 Å². The standard InChI is InChI=1S/C5H10O3.C5H10O2/c1-3-8-5(7)4(2)6;1-5(7)3-2-4-6/h4,6H,3H2,1-2H3;6H,2-4H2,1H3. The highest BCUT2D eigenvalue weighted by molar-refractivity contribution is 5.75. The monoisotopic (exact) mass is 220 g/mol. The summed E-state index contributed by atoms with van der Waals surface area (Å²) >= 11 is 0. The molecule has 0 rings (SSSR count). The smallest absolute Gasteiger partial charge is 0.334 e. The lowest BCUT2D eigenvalue weighted by Gasteiger charge is -2.01. The number of aliphatic hydroxyl groups is 2. The van der Waals surface area contributed by atoms with Gasteiger partial charge in [-0.3, -0.25) is 0 Å². The zero-order chi connectivity index (χ0) is 12.3. The van der Waals surface area contributed by atoms with Crippen LogP contribution in [-0.2, 0) is 14.3 Å². The van der Waals surface area contributed by atoms with Gasteiger partial charge in [-0.2, -0.15) is 0 Å². The van der Waals surface area contributed by atoms with Gasteiger partial charge in [0.05, 0.1) is 6.61 Å². The lowest BCUT2D eigenvalue weighted by atomic mass is 10.2. The van der Waals surface area contributed by atoms with Crippen molar-refractivity contribution in [2.75, 3.05) is 13.2 Å². The summed E-state index contributed by atoms with van der Waals surface area (Å²) in [4.78, 5) is 20.4. The Balaban J connectivity index is 0. The molecule has 2 N–H and O–H groups in total. The van der Waals surface area contributed by atoms with Gasteiger partial charge >= 0.3 is 5.97 Å². The van der Waals surface area contributed by atoms with Crippen molar-refractivity contribution in [2.24, 2.45) is 0 Å². The third-order valence-corrected chi connectivity index (χ3v) is 1.31. The molecule has 1 unspecified atom stereocenters. The van der Waals surface area contributed by atoms with Crippen LogP contribution in [0.15, 0.2) is 0 Å². The topological polar surface area (TPSA) is 83.8 Å². The van der Waals surface area contributed by atoms with E-state index in [0.717, 1.165) is 0 Å². The fourth-order valence-corrected chi connectivity index (χ4v) is 0.591. The second-order valence-corrected chi connectivity index (χ2v) is 2.96. The van der Waals surface area contributed by atoms with E-state index in [1.807, 2.05) is 0 Å². The van der Waals surface area contributed by atoms with Gasteiger partial charge in [-0.25, -0.2) is 4.79 Å². The van der Waals surface area contributed by atoms with E-state index in [1.54, 1.807) is 6.92 Å². The molecule has 0 fully saturated rings. The van der Waals surface area contributed by atoms with Crippen LogP contribution in [0.1, 0.15) is 33.6 Å². The number of aliphatic hydroxyl groups excluding tert-OH is 2. The summed E-state index contributed by atoms with van der Waals surface area (Å²) in [5.74, 6) is -0.415. The Kier molecular flexibility index (Phi) is 12.2. The van der Waals surface area contributed by atoms with Gasteiger partial charge in [0.25, 0.3) is 0 Å². The van der Waals surface area contributed by atoms with Gasteiger partial charge in [-0.15, -0.1) is 0 Å². The van der Waals surface area contributed by atoms with Gasteiger partial charge < -0.3 is 19.7 Å². The molecule has 0 saturated heterocycles. The van der Waals surface area contributed by atoms with Crippen LogP contribution in [0.3, 0.4) is 0 Å². The first-order valence-electron chi connectivity index (χ1n) is 4.90. The number of esters is 1. The normalized spacial score (nSPS) is 11.0. The lowest BCUT2D eigenvalue weighted by Crippen LogP contribution is -2.18. The minimum atomic E-state index is -0.991. The van der Waals surface area contributed by atoms with E-state index in [0.29, 0.717) is 19.4 Å². The van der Waals surface area contributed by atoms with E-state index in [1.165, 1.54) is 13.8 Å². The molecule has 5 nitrogen and oxygen atoms in total. The van der Waals surface area contributed by atoms with Crippen molar-refractivity contribution in [3.05, 3.63) is 0 Å². The molecule has 5 heteroatoms. The first kappa shape index (κ1) is 16.5. The minimum Gasteiger partial charge on any atom is -0.464 e. The molecular weight excluding hydrogens is 200 g/mol. The summed E-state index contributed by atoms with van der Waals surface area (Å²) in [6, 6.07) is 0. The van der Waals surface area contributed by atoms with Gasteiger partial charge in [0.15, 0.2) is 0 Å². The molecule has 0 aromatic carbocycles. The SMILES string of the molecule is CC(=O)CCCO.CCOC(=O)C(C)O. The Morgan fingerprint density at radius 3 is 2.07 bits per heavy atom. The molecule has 0 amide bonds. The van der Waals surface area contributed by atoms with Crippen molar-refractivity contribution in [3.8, 4) is 0 Å². The van der Waals surface area contributed by atoms with Crippen molar-refractivity contribution in [1.82, 2.24) is 0 Å². The summed E-state index contributed by atoms with van der Waals surface area (Å²) in [6.07, 6.45) is 0.126. The number of ether oxygens (including phenoxy) is 1. The highest BCUT2D eigenvalue weighted by atomic mass is 16.5. The number of hydrogen-bond acceptors (Lipinski definition) is 5. The molecule has 0 heterocycles. The molecule has 0 aliphatic carbocycles. The molecule has 90 valence electrons. The van der Waals surface area contributed by atoms with Crippen molar-refractivity contribution < 1.29 is 24.5 Å². The molecule has 0 saturated carbocycles. The third kappa shape index (κ3) is 15.8. The predicted molar refractivity (Wildman–Crippen MR) is 55.3 cm³/mol. The summed E-state index contributed by atoms with van der Waals surface area (Å²) in [5, 5.41) is 16.6. The van der Waals surface area contributed by atoms with Crippen molar-refractivity contribution in [3.63, 3.8) is 0 Å². The van der Waals surface area contributed by atoms with Crippen LogP contribution in [0.25, 0.3) is 0 Å². The van der Waals surface area contributed by atoms with Crippen LogP contribution >= 0.6 is 0 Å². The van der Waals surface area contributed by atoms with Gasteiger partial charge in [-0.05, 0) is 27.2 Å². The maximum Gasteiger partial charge on any atom is 0.334 e. The average molecular weight is 220 g/mol. The number of hydrogen-bond donors (Lipinski definition) is 2. The fourth-order valence-electron chi connectivity index (χ4n) is 0.591. The Morgan fingerprint density at radius 2 is 1.93 bits per heavy atom. The molecule has 0 aromatic rings. The van der Waals surface area contributed by atoms with Gasteiger partial charge in [0.1, 0.15) is 11.9 Å². The highest BCUT2D eigenvalue weighted by Gasteiger charge is 2.07. The Labute approximate surface area is 90.1 Å². The van der Waals surface area contributed by atoms with Crippen LogP contribution in [0.5, 0.6) is 0 Å². The molecular formula is C10H20O5. The van der Waals surface area contributed by atoms with Gasteiger partial charge in [-0.1, -0.05) is 0 Å². The molecule has 0 aliphatic heterocycles. The number of rotatable bonds is 5. The quantitative estimate of drug-likeness (QED) is 0.650. The molecule has 0 aliphatic rings. The molecule has 1 atom stereocenters. The number of ketones is 1. The van der Waals surface area contributed by atoms with E-state index < -0.39 is 12.1 Å². The fraction of sp³-hybridized carbons (Fsp3) is 0.800. The van der Waals surface area contributed by atoms with Crippen molar-refractivity contribution in [2.45, 2.75) is 39.7 Å². The van der Waals surface area contributed by atoms with E-state index in [-0.39, 0.29) is 12.4 Å².